The van der Waals surface area contributed by atoms with Gasteiger partial charge in [0.25, 0.3) is 0 Å². The van der Waals surface area contributed by atoms with Crippen LogP contribution in [0.5, 0.6) is 5.75 Å². The number of carbonyl (C=O) groups is 2. The number of carboxylic acid groups (broad SMARTS) is 1. The lowest BCUT2D eigenvalue weighted by molar-refractivity contribution is -0.142. The van der Waals surface area contributed by atoms with E-state index in [4.69, 9.17) is 10.5 Å². The average Bonchev–Trinajstić information content (AvgIpc) is 3.27. The van der Waals surface area contributed by atoms with Crippen LogP contribution in [-0.4, -0.2) is 28.2 Å². The normalized spacial score (nSPS) is 15.5. The summed E-state index contributed by atoms with van der Waals surface area (Å²) in [6.45, 7) is 2.93. The highest BCUT2D eigenvalue weighted by molar-refractivity contribution is 5.94. The zero-order valence-corrected chi connectivity index (χ0v) is 23.1. The number of fused-ring (bicyclic) bond motifs is 3. The van der Waals surface area contributed by atoms with E-state index in [1.165, 1.54) is 16.8 Å². The van der Waals surface area contributed by atoms with E-state index >= 15 is 0 Å². The van der Waals surface area contributed by atoms with Crippen molar-refractivity contribution < 1.29 is 19.4 Å². The first kappa shape index (κ1) is 27.5. The Hall–Kier alpha value is -4.06. The largest absolute Gasteiger partial charge is 0.493 e. The lowest BCUT2D eigenvalue weighted by atomic mass is 9.84. The van der Waals surface area contributed by atoms with E-state index in [0.717, 1.165) is 59.9 Å². The first-order valence-corrected chi connectivity index (χ1v) is 14.4. The number of aromatic nitrogens is 1. The summed E-state index contributed by atoms with van der Waals surface area (Å²) in [7, 11) is 0. The van der Waals surface area contributed by atoms with Crippen molar-refractivity contribution in [3.63, 3.8) is 0 Å². The van der Waals surface area contributed by atoms with Gasteiger partial charge in [-0.3, -0.25) is 9.59 Å². The molecule has 1 amide bonds. The van der Waals surface area contributed by atoms with E-state index in [2.05, 4.69) is 65.2 Å². The number of hydrogen-bond acceptors (Lipinski definition) is 3. The fraction of sp³-hybridized carbons (Fsp3) is 0.353. The highest BCUT2D eigenvalue weighted by atomic mass is 16.5. The summed E-state index contributed by atoms with van der Waals surface area (Å²) in [5, 5.41) is 10.5. The molecule has 4 aromatic rings. The number of rotatable bonds is 12. The third kappa shape index (κ3) is 5.91. The molecule has 0 aliphatic heterocycles. The number of carbonyl (C=O) groups excluding carboxylic acids is 1. The van der Waals surface area contributed by atoms with Crippen molar-refractivity contribution in [1.29, 1.82) is 0 Å². The number of ether oxygens (including phenoxy) is 1. The Balaban J connectivity index is 1.60. The highest BCUT2D eigenvalue weighted by Crippen LogP contribution is 2.42. The number of aryl methyl sites for hydroxylation is 2. The topological polar surface area (TPSA) is 94.5 Å². The van der Waals surface area contributed by atoms with E-state index < -0.39 is 11.9 Å². The summed E-state index contributed by atoms with van der Waals surface area (Å²) >= 11 is 0. The monoisotopic (exact) mass is 538 g/mol. The maximum absolute atomic E-state index is 12.6. The second-order valence-electron chi connectivity index (χ2n) is 10.8. The molecule has 2 unspecified atom stereocenters. The molecule has 0 saturated carbocycles. The van der Waals surface area contributed by atoms with Gasteiger partial charge in [-0.1, -0.05) is 67.6 Å². The standard InChI is InChI=1S/C34H38N2O4/c1-2-25(34(38)39)18-19-40-31-21-28-30(20-26(31)17-16-23-10-5-3-6-11-23)36(22-24-12-7-4-8-13-24)29-15-9-14-27(32(28)29)33(35)37/h3-8,10-13,20-21,25,27H,2,9,14-19,22H2,1H3,(H2,35,37)(H,38,39). The molecule has 0 radical (unpaired) electrons. The first-order chi connectivity index (χ1) is 19.5. The van der Waals surface area contributed by atoms with E-state index in [1.807, 2.05) is 19.1 Å². The molecule has 0 saturated heterocycles. The van der Waals surface area contributed by atoms with Gasteiger partial charge in [-0.05, 0) is 79.3 Å². The van der Waals surface area contributed by atoms with Gasteiger partial charge in [-0.25, -0.2) is 0 Å². The fourth-order valence-corrected chi connectivity index (χ4v) is 6.07. The minimum atomic E-state index is -0.790. The van der Waals surface area contributed by atoms with Crippen LogP contribution in [0.15, 0.2) is 72.8 Å². The molecule has 0 fully saturated rings. The Morgan fingerprint density at radius 1 is 1.02 bits per heavy atom. The molecule has 208 valence electrons. The number of nitrogens with zero attached hydrogens (tertiary/aromatic N) is 1. The number of hydrogen-bond donors (Lipinski definition) is 2. The highest BCUT2D eigenvalue weighted by Gasteiger charge is 2.31. The predicted molar refractivity (Wildman–Crippen MR) is 158 cm³/mol. The molecular formula is C34H38N2O4. The summed E-state index contributed by atoms with van der Waals surface area (Å²) in [6, 6.07) is 25.1. The molecule has 0 spiro atoms. The number of nitrogens with two attached hydrogens (primary N) is 1. The molecular weight excluding hydrogens is 500 g/mol. The number of benzene rings is 3. The zero-order chi connectivity index (χ0) is 28.1. The van der Waals surface area contributed by atoms with Gasteiger partial charge >= 0.3 is 5.97 Å². The van der Waals surface area contributed by atoms with Gasteiger partial charge in [0.05, 0.1) is 18.4 Å². The summed E-state index contributed by atoms with van der Waals surface area (Å²) in [4.78, 5) is 24.2. The van der Waals surface area contributed by atoms with Gasteiger partial charge in [0.1, 0.15) is 5.75 Å². The smallest absolute Gasteiger partial charge is 0.306 e. The first-order valence-electron chi connectivity index (χ1n) is 14.4. The Bertz CT molecular complexity index is 1480. The van der Waals surface area contributed by atoms with E-state index in [1.54, 1.807) is 0 Å². The Morgan fingerprint density at radius 2 is 1.73 bits per heavy atom. The van der Waals surface area contributed by atoms with Crippen molar-refractivity contribution in [3.05, 3.63) is 101 Å². The molecule has 3 aromatic carbocycles. The Morgan fingerprint density at radius 3 is 2.38 bits per heavy atom. The van der Waals surface area contributed by atoms with E-state index in [9.17, 15) is 14.7 Å². The maximum atomic E-state index is 12.6. The molecule has 1 aliphatic carbocycles. The van der Waals surface area contributed by atoms with Crippen LogP contribution in [0.1, 0.15) is 66.5 Å². The molecule has 1 aromatic heterocycles. The van der Waals surface area contributed by atoms with Gasteiger partial charge in [0.2, 0.25) is 5.91 Å². The van der Waals surface area contributed by atoms with E-state index in [0.29, 0.717) is 26.0 Å². The van der Waals surface area contributed by atoms with Crippen LogP contribution in [-0.2, 0) is 35.4 Å². The number of carboxylic acids is 1. The molecule has 6 nitrogen and oxygen atoms in total. The van der Waals surface area contributed by atoms with Crippen molar-refractivity contribution >= 4 is 22.8 Å². The zero-order valence-electron chi connectivity index (χ0n) is 23.1. The minimum Gasteiger partial charge on any atom is -0.493 e. The quantitative estimate of drug-likeness (QED) is 0.223. The fourth-order valence-electron chi connectivity index (χ4n) is 6.07. The molecule has 3 N–H and O–H groups in total. The second kappa shape index (κ2) is 12.4. The van der Waals surface area contributed by atoms with Crippen LogP contribution in [0.25, 0.3) is 10.9 Å². The SMILES string of the molecule is CCC(CCOc1cc2c3c(n(Cc4ccccc4)c2cc1CCc1ccccc1)CCCC3C(N)=O)C(=O)O. The number of amides is 1. The molecule has 6 heteroatoms. The minimum absolute atomic E-state index is 0.289. The predicted octanol–water partition coefficient (Wildman–Crippen LogP) is 6.26. The Labute approximate surface area is 235 Å². The summed E-state index contributed by atoms with van der Waals surface area (Å²) in [6.07, 6.45) is 5.21. The molecule has 1 aliphatic rings. The molecule has 5 rings (SSSR count). The molecule has 40 heavy (non-hydrogen) atoms. The van der Waals surface area contributed by atoms with Gasteiger partial charge in [0.15, 0.2) is 0 Å². The lowest BCUT2D eigenvalue weighted by Crippen LogP contribution is -2.25. The summed E-state index contributed by atoms with van der Waals surface area (Å²) < 4.78 is 8.71. The third-order valence-electron chi connectivity index (χ3n) is 8.27. The molecule has 2 atom stereocenters. The second-order valence-corrected chi connectivity index (χ2v) is 10.8. The van der Waals surface area contributed by atoms with Crippen LogP contribution in [0, 0.1) is 5.92 Å². The lowest BCUT2D eigenvalue weighted by Gasteiger charge is -2.22. The molecule has 1 heterocycles. The van der Waals surface area contributed by atoms with Crippen molar-refractivity contribution in [2.45, 2.75) is 64.3 Å². The average molecular weight is 539 g/mol. The maximum Gasteiger partial charge on any atom is 0.306 e. The summed E-state index contributed by atoms with van der Waals surface area (Å²) in [5.41, 5.74) is 12.8. The van der Waals surface area contributed by atoms with Crippen LogP contribution >= 0.6 is 0 Å². The van der Waals surface area contributed by atoms with Crippen molar-refractivity contribution in [2.24, 2.45) is 11.7 Å². The van der Waals surface area contributed by atoms with Crippen LogP contribution in [0.3, 0.4) is 0 Å². The third-order valence-corrected chi connectivity index (χ3v) is 8.27. The molecule has 0 bridgehead atoms. The van der Waals surface area contributed by atoms with Gasteiger partial charge in [0, 0.05) is 23.1 Å². The van der Waals surface area contributed by atoms with Crippen LogP contribution in [0.4, 0.5) is 0 Å². The number of aliphatic carboxylic acids is 1. The summed E-state index contributed by atoms with van der Waals surface area (Å²) in [5.74, 6) is -1.08. The van der Waals surface area contributed by atoms with Gasteiger partial charge in [-0.15, -0.1) is 0 Å². The number of primary amides is 1. The van der Waals surface area contributed by atoms with Crippen molar-refractivity contribution in [1.82, 2.24) is 4.57 Å². The Kier molecular flexibility index (Phi) is 8.54. The van der Waals surface area contributed by atoms with Crippen LogP contribution in [0.2, 0.25) is 0 Å². The van der Waals surface area contributed by atoms with Crippen molar-refractivity contribution in [2.75, 3.05) is 6.61 Å². The van der Waals surface area contributed by atoms with Crippen molar-refractivity contribution in [3.8, 4) is 5.75 Å². The van der Waals surface area contributed by atoms with Gasteiger partial charge < -0.3 is 20.1 Å². The van der Waals surface area contributed by atoms with Crippen LogP contribution < -0.4 is 10.5 Å². The van der Waals surface area contributed by atoms with Gasteiger partial charge in [-0.2, -0.15) is 0 Å². The van der Waals surface area contributed by atoms with E-state index in [-0.39, 0.29) is 11.8 Å².